The zero-order valence-electron chi connectivity index (χ0n) is 12.7. The second kappa shape index (κ2) is 6.05. The summed E-state index contributed by atoms with van der Waals surface area (Å²) in [5, 5.41) is 20.1. The SMILES string of the molecule is C[C@@H]1C[C@@H](C(=O)O)CCN1c1c(C#N)cnc2ccc(Cl)cc12. The van der Waals surface area contributed by atoms with Crippen LogP contribution in [-0.4, -0.2) is 28.6 Å². The fraction of sp³-hybridized carbons (Fsp3) is 0.353. The van der Waals surface area contributed by atoms with Crippen molar-refractivity contribution in [2.45, 2.75) is 25.8 Å². The van der Waals surface area contributed by atoms with E-state index in [9.17, 15) is 15.2 Å². The van der Waals surface area contributed by atoms with E-state index in [2.05, 4.69) is 16.0 Å². The van der Waals surface area contributed by atoms with E-state index in [1.165, 1.54) is 0 Å². The van der Waals surface area contributed by atoms with Crippen molar-refractivity contribution in [1.82, 2.24) is 4.98 Å². The van der Waals surface area contributed by atoms with Gasteiger partial charge in [0.2, 0.25) is 0 Å². The van der Waals surface area contributed by atoms with Crippen LogP contribution in [0.2, 0.25) is 5.02 Å². The number of piperidine rings is 1. The number of anilines is 1. The molecule has 1 saturated heterocycles. The minimum Gasteiger partial charge on any atom is -0.481 e. The van der Waals surface area contributed by atoms with Crippen LogP contribution in [0.15, 0.2) is 24.4 Å². The highest BCUT2D eigenvalue weighted by molar-refractivity contribution is 6.31. The highest BCUT2D eigenvalue weighted by Crippen LogP contribution is 2.36. The number of carboxylic acid groups (broad SMARTS) is 1. The van der Waals surface area contributed by atoms with Gasteiger partial charge in [-0.05, 0) is 38.0 Å². The fourth-order valence-corrected chi connectivity index (χ4v) is 3.44. The monoisotopic (exact) mass is 329 g/mol. The van der Waals surface area contributed by atoms with Crippen LogP contribution < -0.4 is 4.90 Å². The van der Waals surface area contributed by atoms with Crippen molar-refractivity contribution in [1.29, 1.82) is 5.26 Å². The van der Waals surface area contributed by atoms with Gasteiger partial charge in [0.1, 0.15) is 6.07 Å². The summed E-state index contributed by atoms with van der Waals surface area (Å²) in [4.78, 5) is 17.6. The van der Waals surface area contributed by atoms with Crippen LogP contribution in [-0.2, 0) is 4.79 Å². The van der Waals surface area contributed by atoms with Gasteiger partial charge >= 0.3 is 5.97 Å². The predicted molar refractivity (Wildman–Crippen MR) is 88.6 cm³/mol. The Labute approximate surface area is 139 Å². The van der Waals surface area contributed by atoms with Crippen molar-refractivity contribution >= 4 is 34.2 Å². The van der Waals surface area contributed by atoms with Gasteiger partial charge in [-0.2, -0.15) is 5.26 Å². The molecule has 118 valence electrons. The van der Waals surface area contributed by atoms with Gasteiger partial charge in [0.05, 0.1) is 22.7 Å². The van der Waals surface area contributed by atoms with Gasteiger partial charge in [0.25, 0.3) is 0 Å². The van der Waals surface area contributed by atoms with Crippen LogP contribution in [0.1, 0.15) is 25.3 Å². The molecule has 1 aliphatic heterocycles. The van der Waals surface area contributed by atoms with Crippen LogP contribution in [0.5, 0.6) is 0 Å². The third kappa shape index (κ3) is 2.82. The summed E-state index contributed by atoms with van der Waals surface area (Å²) >= 11 is 6.12. The summed E-state index contributed by atoms with van der Waals surface area (Å²) in [6, 6.07) is 7.64. The summed E-state index contributed by atoms with van der Waals surface area (Å²) < 4.78 is 0. The molecule has 5 nitrogen and oxygen atoms in total. The highest BCUT2D eigenvalue weighted by atomic mass is 35.5. The number of carboxylic acids is 1. The summed E-state index contributed by atoms with van der Waals surface area (Å²) in [6.45, 7) is 2.59. The van der Waals surface area contributed by atoms with E-state index in [4.69, 9.17) is 11.6 Å². The number of benzene rings is 1. The molecule has 1 aromatic heterocycles. The molecule has 0 bridgehead atoms. The van der Waals surface area contributed by atoms with Crippen LogP contribution in [0, 0.1) is 17.2 Å². The third-order valence-electron chi connectivity index (χ3n) is 4.43. The van der Waals surface area contributed by atoms with E-state index in [-0.39, 0.29) is 12.0 Å². The molecule has 0 amide bonds. The van der Waals surface area contributed by atoms with E-state index in [1.54, 1.807) is 12.3 Å². The predicted octanol–water partition coefficient (Wildman–Crippen LogP) is 3.45. The first-order valence-electron chi connectivity index (χ1n) is 7.49. The molecule has 2 aromatic rings. The summed E-state index contributed by atoms with van der Waals surface area (Å²) in [5.41, 5.74) is 2.06. The van der Waals surface area contributed by atoms with Crippen molar-refractivity contribution in [2.75, 3.05) is 11.4 Å². The Morgan fingerprint density at radius 1 is 1.52 bits per heavy atom. The number of nitriles is 1. The number of carbonyl (C=O) groups is 1. The molecule has 0 radical (unpaired) electrons. The molecule has 0 unspecified atom stereocenters. The lowest BCUT2D eigenvalue weighted by atomic mass is 9.90. The van der Waals surface area contributed by atoms with E-state index in [0.717, 1.165) is 16.6 Å². The Morgan fingerprint density at radius 3 is 2.96 bits per heavy atom. The first-order chi connectivity index (χ1) is 11.0. The molecule has 2 atom stereocenters. The largest absolute Gasteiger partial charge is 0.481 e. The number of aromatic nitrogens is 1. The smallest absolute Gasteiger partial charge is 0.306 e. The number of fused-ring (bicyclic) bond motifs is 1. The number of aliphatic carboxylic acids is 1. The standard InChI is InChI=1S/C17H16ClN3O2/c1-10-6-11(17(22)23)4-5-21(10)16-12(8-19)9-20-15-3-2-13(18)7-14(15)16/h2-3,7,9-11H,4-6H2,1H3,(H,22,23)/t10-,11+/m1/s1. The number of pyridine rings is 1. The zero-order chi connectivity index (χ0) is 16.6. The Hall–Kier alpha value is -2.32. The molecule has 23 heavy (non-hydrogen) atoms. The van der Waals surface area contributed by atoms with E-state index in [1.807, 2.05) is 19.1 Å². The molecule has 1 fully saturated rings. The van der Waals surface area contributed by atoms with E-state index in [0.29, 0.717) is 30.0 Å². The summed E-state index contributed by atoms with van der Waals surface area (Å²) in [6.07, 6.45) is 2.70. The quantitative estimate of drug-likeness (QED) is 0.913. The minimum atomic E-state index is -0.750. The minimum absolute atomic E-state index is 0.0292. The topological polar surface area (TPSA) is 77.2 Å². The second-order valence-corrected chi connectivity index (χ2v) is 6.33. The van der Waals surface area contributed by atoms with E-state index < -0.39 is 5.97 Å². The summed E-state index contributed by atoms with van der Waals surface area (Å²) in [7, 11) is 0. The van der Waals surface area contributed by atoms with Gasteiger partial charge in [-0.1, -0.05) is 11.6 Å². The lowest BCUT2D eigenvalue weighted by molar-refractivity contribution is -0.142. The molecular weight excluding hydrogens is 314 g/mol. The molecule has 1 aliphatic rings. The van der Waals surface area contributed by atoms with Crippen molar-refractivity contribution in [3.63, 3.8) is 0 Å². The molecule has 1 N–H and O–H groups in total. The van der Waals surface area contributed by atoms with Gasteiger partial charge < -0.3 is 10.0 Å². The first kappa shape index (κ1) is 15.6. The van der Waals surface area contributed by atoms with Gasteiger partial charge in [0.15, 0.2) is 0 Å². The molecule has 6 heteroatoms. The zero-order valence-corrected chi connectivity index (χ0v) is 13.4. The number of nitrogens with zero attached hydrogens (tertiary/aromatic N) is 3. The van der Waals surface area contributed by atoms with Crippen molar-refractivity contribution in [3.05, 3.63) is 35.0 Å². The van der Waals surface area contributed by atoms with Crippen molar-refractivity contribution in [3.8, 4) is 6.07 Å². The van der Waals surface area contributed by atoms with Crippen molar-refractivity contribution < 1.29 is 9.90 Å². The average Bonchev–Trinajstić information content (AvgIpc) is 2.53. The maximum absolute atomic E-state index is 11.2. The van der Waals surface area contributed by atoms with Gasteiger partial charge in [-0.15, -0.1) is 0 Å². The lowest BCUT2D eigenvalue weighted by Crippen LogP contribution is -2.43. The average molecular weight is 330 g/mol. The first-order valence-corrected chi connectivity index (χ1v) is 7.87. The van der Waals surface area contributed by atoms with E-state index >= 15 is 0 Å². The Morgan fingerprint density at radius 2 is 2.30 bits per heavy atom. The van der Waals surface area contributed by atoms with Crippen molar-refractivity contribution in [2.24, 2.45) is 5.92 Å². The third-order valence-corrected chi connectivity index (χ3v) is 4.67. The van der Waals surface area contributed by atoms with Crippen LogP contribution >= 0.6 is 11.6 Å². The molecule has 0 spiro atoms. The van der Waals surface area contributed by atoms with Crippen LogP contribution in [0.3, 0.4) is 0 Å². The fourth-order valence-electron chi connectivity index (χ4n) is 3.27. The Bertz CT molecular complexity index is 815. The lowest BCUT2D eigenvalue weighted by Gasteiger charge is -2.38. The maximum Gasteiger partial charge on any atom is 0.306 e. The van der Waals surface area contributed by atoms with Gasteiger partial charge in [-0.25, -0.2) is 0 Å². The van der Waals surface area contributed by atoms with Crippen LogP contribution in [0.4, 0.5) is 5.69 Å². The molecule has 0 aliphatic carbocycles. The molecule has 3 rings (SSSR count). The molecule has 2 heterocycles. The summed E-state index contributed by atoms with van der Waals surface area (Å²) in [5.74, 6) is -1.08. The number of rotatable bonds is 2. The molecular formula is C17H16ClN3O2. The normalized spacial score (nSPS) is 21.2. The molecule has 1 aromatic carbocycles. The maximum atomic E-state index is 11.2. The van der Waals surface area contributed by atoms with Crippen LogP contribution in [0.25, 0.3) is 10.9 Å². The highest BCUT2D eigenvalue weighted by Gasteiger charge is 2.31. The second-order valence-electron chi connectivity index (χ2n) is 5.90. The Kier molecular flexibility index (Phi) is 4.10. The van der Waals surface area contributed by atoms with Gasteiger partial charge in [-0.3, -0.25) is 9.78 Å². The number of hydrogen-bond donors (Lipinski definition) is 1. The Balaban J connectivity index is 2.10. The van der Waals surface area contributed by atoms with Gasteiger partial charge in [0, 0.05) is 29.2 Å². The number of hydrogen-bond acceptors (Lipinski definition) is 4. The number of halogens is 1. The molecule has 0 saturated carbocycles.